The first kappa shape index (κ1) is 20.1. The maximum atomic E-state index is 12.0. The van der Waals surface area contributed by atoms with E-state index in [4.69, 9.17) is 10.5 Å². The van der Waals surface area contributed by atoms with Crippen LogP contribution in [0.25, 0.3) is 0 Å². The fraction of sp³-hybridized carbons (Fsp3) is 0.533. The van der Waals surface area contributed by atoms with Gasteiger partial charge in [-0.2, -0.15) is 0 Å². The van der Waals surface area contributed by atoms with Crippen molar-refractivity contribution in [1.82, 2.24) is 5.32 Å². The Morgan fingerprint density at radius 2 is 2.12 bits per heavy atom. The summed E-state index contributed by atoms with van der Waals surface area (Å²) < 4.78 is 28.5. The van der Waals surface area contributed by atoms with Crippen molar-refractivity contribution in [3.8, 4) is 0 Å². The van der Waals surface area contributed by atoms with Crippen LogP contribution in [-0.4, -0.2) is 57.3 Å². The van der Waals surface area contributed by atoms with Crippen LogP contribution in [0.15, 0.2) is 23.1 Å². The molecule has 1 aliphatic heterocycles. The third-order valence-electron chi connectivity index (χ3n) is 4.00. The van der Waals surface area contributed by atoms with E-state index >= 15 is 0 Å². The van der Waals surface area contributed by atoms with Gasteiger partial charge in [0.15, 0.2) is 9.84 Å². The summed E-state index contributed by atoms with van der Waals surface area (Å²) in [6.45, 7) is 0.841. The Hall–Kier alpha value is -2.24. The lowest BCUT2D eigenvalue weighted by molar-refractivity contribution is -0.384. The molecule has 0 aliphatic carbocycles. The molecule has 1 saturated heterocycles. The number of sulfone groups is 1. The van der Waals surface area contributed by atoms with Gasteiger partial charge in [-0.15, -0.1) is 0 Å². The zero-order valence-corrected chi connectivity index (χ0v) is 15.1. The van der Waals surface area contributed by atoms with Gasteiger partial charge in [0, 0.05) is 32.0 Å². The number of carbonyl (C=O) groups is 1. The van der Waals surface area contributed by atoms with Gasteiger partial charge in [-0.3, -0.25) is 14.9 Å². The Morgan fingerprint density at radius 3 is 2.69 bits per heavy atom. The lowest BCUT2D eigenvalue weighted by Crippen LogP contribution is -2.37. The highest BCUT2D eigenvalue weighted by atomic mass is 32.2. The third-order valence-corrected chi connectivity index (χ3v) is 5.11. The number of amides is 1. The minimum Gasteiger partial charge on any atom is -0.378 e. The summed E-state index contributed by atoms with van der Waals surface area (Å²) in [6, 6.07) is 3.64. The fourth-order valence-electron chi connectivity index (χ4n) is 2.61. The summed E-state index contributed by atoms with van der Waals surface area (Å²) in [6.07, 6.45) is 1.71. The zero-order valence-electron chi connectivity index (χ0n) is 14.3. The topological polar surface area (TPSA) is 154 Å². The van der Waals surface area contributed by atoms with Gasteiger partial charge in [0.05, 0.1) is 15.9 Å². The Morgan fingerprint density at radius 1 is 1.38 bits per heavy atom. The molecule has 1 heterocycles. The van der Waals surface area contributed by atoms with Gasteiger partial charge in [-0.25, -0.2) is 8.42 Å². The van der Waals surface area contributed by atoms with Crippen LogP contribution in [0, 0.1) is 10.1 Å². The molecule has 0 aromatic heterocycles. The second-order valence-electron chi connectivity index (χ2n) is 5.99. The van der Waals surface area contributed by atoms with Gasteiger partial charge >= 0.3 is 0 Å². The Bertz CT molecular complexity index is 782. The predicted molar refractivity (Wildman–Crippen MR) is 94.7 cm³/mol. The minimum atomic E-state index is -3.54. The molecule has 0 radical (unpaired) electrons. The minimum absolute atomic E-state index is 0.0973. The first-order chi connectivity index (χ1) is 12.2. The molecule has 11 heteroatoms. The summed E-state index contributed by atoms with van der Waals surface area (Å²) in [7, 11) is -3.54. The number of nitrogens with two attached hydrogens (primary N) is 1. The maximum absolute atomic E-state index is 12.0. The van der Waals surface area contributed by atoms with Crippen molar-refractivity contribution in [2.24, 2.45) is 5.73 Å². The largest absolute Gasteiger partial charge is 0.378 e. The van der Waals surface area contributed by atoms with Crippen LogP contribution in [0.1, 0.15) is 12.8 Å². The van der Waals surface area contributed by atoms with Crippen molar-refractivity contribution in [2.75, 3.05) is 31.2 Å². The molecule has 0 spiro atoms. The molecule has 0 bridgehead atoms. The monoisotopic (exact) mass is 386 g/mol. The van der Waals surface area contributed by atoms with Gasteiger partial charge in [0.25, 0.3) is 5.69 Å². The first-order valence-electron chi connectivity index (χ1n) is 8.08. The maximum Gasteiger partial charge on any atom is 0.293 e. The van der Waals surface area contributed by atoms with E-state index in [0.29, 0.717) is 13.0 Å². The molecule has 26 heavy (non-hydrogen) atoms. The SMILES string of the molecule is CS(=O)(=O)c1ccc(NCCNC(=O)[C@@H]2CC[C@H](CN)O2)c([N+](=O)[O-])c1. The average Bonchev–Trinajstić information content (AvgIpc) is 3.06. The molecule has 1 fully saturated rings. The average molecular weight is 386 g/mol. The highest BCUT2D eigenvalue weighted by molar-refractivity contribution is 7.90. The van der Waals surface area contributed by atoms with E-state index < -0.39 is 20.9 Å². The third kappa shape index (κ3) is 5.13. The van der Waals surface area contributed by atoms with Gasteiger partial charge in [0.2, 0.25) is 5.91 Å². The molecule has 144 valence electrons. The number of nitrogens with one attached hydrogen (secondary N) is 2. The van der Waals surface area contributed by atoms with E-state index in [1.54, 1.807) is 0 Å². The predicted octanol–water partition coefficient (Wildman–Crippen LogP) is 0.0327. The second kappa shape index (κ2) is 8.43. The summed E-state index contributed by atoms with van der Waals surface area (Å²) in [5.41, 5.74) is 5.33. The van der Waals surface area contributed by atoms with E-state index in [0.717, 1.165) is 18.7 Å². The molecule has 2 atom stereocenters. The molecule has 1 aliphatic rings. The molecule has 0 saturated carbocycles. The quantitative estimate of drug-likeness (QED) is 0.321. The fourth-order valence-corrected chi connectivity index (χ4v) is 3.25. The number of hydrogen-bond donors (Lipinski definition) is 3. The first-order valence-corrected chi connectivity index (χ1v) is 9.97. The molecule has 2 rings (SSSR count). The van der Waals surface area contributed by atoms with Crippen molar-refractivity contribution in [1.29, 1.82) is 0 Å². The second-order valence-corrected chi connectivity index (χ2v) is 8.00. The number of nitrogens with zero attached hydrogens (tertiary/aromatic N) is 1. The van der Waals surface area contributed by atoms with E-state index in [1.165, 1.54) is 12.1 Å². The van der Waals surface area contributed by atoms with E-state index in [9.17, 15) is 23.3 Å². The Labute approximate surface area is 151 Å². The van der Waals surface area contributed by atoms with E-state index in [-0.39, 0.29) is 41.4 Å². The number of hydrogen-bond acceptors (Lipinski definition) is 8. The molecule has 1 amide bonds. The summed E-state index contributed by atoms with van der Waals surface area (Å²) >= 11 is 0. The van der Waals surface area contributed by atoms with Crippen LogP contribution in [0.4, 0.5) is 11.4 Å². The molecule has 10 nitrogen and oxygen atoms in total. The number of rotatable bonds is 8. The van der Waals surface area contributed by atoms with Gasteiger partial charge < -0.3 is 21.1 Å². The van der Waals surface area contributed by atoms with Gasteiger partial charge in [-0.1, -0.05) is 0 Å². The van der Waals surface area contributed by atoms with Crippen LogP contribution in [0.5, 0.6) is 0 Å². The lowest BCUT2D eigenvalue weighted by atomic mass is 10.2. The van der Waals surface area contributed by atoms with E-state index in [2.05, 4.69) is 10.6 Å². The molecule has 1 aromatic rings. The molecule has 4 N–H and O–H groups in total. The highest BCUT2D eigenvalue weighted by Gasteiger charge is 2.29. The van der Waals surface area contributed by atoms with Crippen molar-refractivity contribution >= 4 is 27.1 Å². The summed E-state index contributed by atoms with van der Waals surface area (Å²) in [5.74, 6) is -0.246. The lowest BCUT2D eigenvalue weighted by Gasteiger charge is -2.13. The van der Waals surface area contributed by atoms with Crippen LogP contribution in [0.2, 0.25) is 0 Å². The standard InChI is InChI=1S/C15H22N4O6S/c1-26(23,24)11-3-4-12(13(8-11)19(21)22)17-6-7-18-15(20)14-5-2-10(9-16)25-14/h3-4,8,10,14,17H,2,5-7,9,16H2,1H3,(H,18,20)/t10-,14+/m1/s1. The zero-order chi connectivity index (χ0) is 19.3. The Kier molecular flexibility index (Phi) is 6.51. The van der Waals surface area contributed by atoms with Crippen LogP contribution in [-0.2, 0) is 19.4 Å². The molecular weight excluding hydrogens is 364 g/mol. The number of nitro benzene ring substituents is 1. The number of carbonyl (C=O) groups excluding carboxylic acids is 1. The smallest absolute Gasteiger partial charge is 0.293 e. The number of anilines is 1. The van der Waals surface area contributed by atoms with Crippen molar-refractivity contribution in [2.45, 2.75) is 29.9 Å². The summed E-state index contributed by atoms with van der Waals surface area (Å²) in [5, 5.41) is 16.7. The molecule has 1 aromatic carbocycles. The number of benzene rings is 1. The highest BCUT2D eigenvalue weighted by Crippen LogP contribution is 2.27. The van der Waals surface area contributed by atoms with Crippen molar-refractivity contribution in [3.05, 3.63) is 28.3 Å². The van der Waals surface area contributed by atoms with Crippen molar-refractivity contribution < 1.29 is 22.9 Å². The van der Waals surface area contributed by atoms with Gasteiger partial charge in [-0.05, 0) is 25.0 Å². The van der Waals surface area contributed by atoms with Crippen LogP contribution in [0.3, 0.4) is 0 Å². The van der Waals surface area contributed by atoms with E-state index in [1.807, 2.05) is 0 Å². The molecule has 0 unspecified atom stereocenters. The number of nitro groups is 1. The number of ether oxygens (including phenoxy) is 1. The normalized spacial score (nSPS) is 19.9. The summed E-state index contributed by atoms with van der Waals surface area (Å²) in [4.78, 5) is 22.3. The molecular formula is C15H22N4O6S. The Balaban J connectivity index is 1.89. The van der Waals surface area contributed by atoms with Crippen molar-refractivity contribution in [3.63, 3.8) is 0 Å². The van der Waals surface area contributed by atoms with Crippen LogP contribution < -0.4 is 16.4 Å². The van der Waals surface area contributed by atoms with Crippen LogP contribution >= 0.6 is 0 Å². The van der Waals surface area contributed by atoms with Gasteiger partial charge in [0.1, 0.15) is 11.8 Å².